The fourth-order valence-corrected chi connectivity index (χ4v) is 6.48. The van der Waals surface area contributed by atoms with Gasteiger partial charge >= 0.3 is 0 Å². The Morgan fingerprint density at radius 2 is 1.90 bits per heavy atom. The van der Waals surface area contributed by atoms with Crippen molar-refractivity contribution >= 4 is 29.0 Å². The molecule has 0 radical (unpaired) electrons. The number of alkyl halides is 1. The summed E-state index contributed by atoms with van der Waals surface area (Å²) in [5.41, 5.74) is 3.48. The van der Waals surface area contributed by atoms with Gasteiger partial charge in [0.25, 0.3) is 5.91 Å². The first kappa shape index (κ1) is 25.6. The van der Waals surface area contributed by atoms with Crippen molar-refractivity contribution in [2.45, 2.75) is 38.8 Å². The summed E-state index contributed by atoms with van der Waals surface area (Å²) in [6, 6.07) is 10.8. The Morgan fingerprint density at radius 3 is 2.69 bits per heavy atom. The molecule has 3 aromatic rings. The number of carbonyl (C=O) groups is 2. The highest BCUT2D eigenvalue weighted by Gasteiger charge is 2.37. The van der Waals surface area contributed by atoms with Crippen LogP contribution < -0.4 is 5.32 Å². The number of nitrogens with zero attached hydrogens (tertiary/aromatic N) is 1. The molecular weight excluding hydrogens is 503 g/mol. The number of aryl methyl sites for hydroxylation is 1. The largest absolute Gasteiger partial charge is 0.359 e. The van der Waals surface area contributed by atoms with Gasteiger partial charge in [0.05, 0.1) is 5.57 Å². The van der Waals surface area contributed by atoms with Gasteiger partial charge in [0, 0.05) is 59.3 Å². The zero-order chi connectivity index (χ0) is 27.3. The summed E-state index contributed by atoms with van der Waals surface area (Å²) in [5.74, 6) is -2.32. The molecule has 1 amide bonds. The van der Waals surface area contributed by atoms with E-state index in [0.29, 0.717) is 41.0 Å². The van der Waals surface area contributed by atoms with Crippen LogP contribution in [0, 0.1) is 30.4 Å². The van der Waals surface area contributed by atoms with Crippen molar-refractivity contribution in [1.29, 1.82) is 0 Å². The van der Waals surface area contributed by atoms with Crippen molar-refractivity contribution < 1.29 is 22.8 Å². The summed E-state index contributed by atoms with van der Waals surface area (Å²) < 4.78 is 42.6. The van der Waals surface area contributed by atoms with Crippen molar-refractivity contribution in [2.75, 3.05) is 25.0 Å². The molecule has 2 fully saturated rings. The molecule has 2 aliphatic heterocycles. The Balaban J connectivity index is 1.36. The third-order valence-electron chi connectivity index (χ3n) is 8.31. The molecule has 6 rings (SSSR count). The van der Waals surface area contributed by atoms with Crippen LogP contribution in [0.4, 0.5) is 18.9 Å². The Hall–Kier alpha value is -3.65. The molecule has 0 spiro atoms. The zero-order valence-electron chi connectivity index (χ0n) is 21.7. The summed E-state index contributed by atoms with van der Waals surface area (Å²) in [6.45, 7) is 3.73. The smallest absolute Gasteiger partial charge is 0.256 e. The van der Waals surface area contributed by atoms with Crippen molar-refractivity contribution in [3.8, 4) is 11.1 Å². The quantitative estimate of drug-likeness (QED) is 0.285. The zero-order valence-corrected chi connectivity index (χ0v) is 21.7. The number of aromatic amines is 1. The maximum atomic E-state index is 14.8. The molecule has 1 aliphatic carbocycles. The molecule has 1 saturated carbocycles. The van der Waals surface area contributed by atoms with E-state index < -0.39 is 17.8 Å². The monoisotopic (exact) mass is 533 g/mol. The molecule has 8 heteroatoms. The molecule has 202 valence electrons. The lowest BCUT2D eigenvalue weighted by Gasteiger charge is -2.24. The molecule has 3 aliphatic rings. The number of likely N-dealkylation sites (tertiary alicyclic amines) is 1. The number of hydrogen-bond donors (Lipinski definition) is 2. The first-order valence-corrected chi connectivity index (χ1v) is 13.5. The van der Waals surface area contributed by atoms with Crippen molar-refractivity contribution in [2.24, 2.45) is 11.8 Å². The lowest BCUT2D eigenvalue weighted by molar-refractivity contribution is -0.110. The van der Waals surface area contributed by atoms with Crippen LogP contribution in [0.1, 0.15) is 53.0 Å². The van der Waals surface area contributed by atoms with Crippen LogP contribution >= 0.6 is 0 Å². The van der Waals surface area contributed by atoms with Crippen LogP contribution in [-0.4, -0.2) is 47.4 Å². The van der Waals surface area contributed by atoms with Crippen LogP contribution in [0.15, 0.2) is 42.5 Å². The Kier molecular flexibility index (Phi) is 6.67. The van der Waals surface area contributed by atoms with E-state index in [1.165, 1.54) is 12.1 Å². The SMILES string of the molecule is Cc1cc(C(=O)C2CCC[C@H]2CN2CC[C@H](F)C2)c(C=C2C(=O)Nc3cccc(-c4cccc(F)c4F)c32)[nH]1. The fraction of sp³-hybridized carbons (Fsp3) is 0.355. The van der Waals surface area contributed by atoms with Gasteiger partial charge in [-0.2, -0.15) is 0 Å². The van der Waals surface area contributed by atoms with Crippen LogP contribution in [0.3, 0.4) is 0 Å². The predicted molar refractivity (Wildman–Crippen MR) is 145 cm³/mol. The van der Waals surface area contributed by atoms with Crippen molar-refractivity contribution in [3.05, 3.63) is 76.6 Å². The van der Waals surface area contributed by atoms with Gasteiger partial charge in [-0.25, -0.2) is 13.2 Å². The molecule has 2 aromatic carbocycles. The maximum absolute atomic E-state index is 14.8. The van der Waals surface area contributed by atoms with E-state index in [4.69, 9.17) is 0 Å². The van der Waals surface area contributed by atoms with Gasteiger partial charge in [-0.1, -0.05) is 30.7 Å². The van der Waals surface area contributed by atoms with Gasteiger partial charge < -0.3 is 15.2 Å². The van der Waals surface area contributed by atoms with E-state index in [-0.39, 0.29) is 34.7 Å². The van der Waals surface area contributed by atoms with Crippen molar-refractivity contribution in [3.63, 3.8) is 0 Å². The molecule has 1 aromatic heterocycles. The Labute approximate surface area is 225 Å². The maximum Gasteiger partial charge on any atom is 0.256 e. The number of hydrogen-bond acceptors (Lipinski definition) is 3. The molecule has 2 N–H and O–H groups in total. The minimum Gasteiger partial charge on any atom is -0.359 e. The Morgan fingerprint density at radius 1 is 1.10 bits per heavy atom. The lowest BCUT2D eigenvalue weighted by atomic mass is 9.87. The number of H-pyrrole nitrogens is 1. The second kappa shape index (κ2) is 10.2. The minimum atomic E-state index is -0.986. The first-order valence-electron chi connectivity index (χ1n) is 13.5. The number of anilines is 1. The van der Waals surface area contributed by atoms with Gasteiger partial charge in [-0.05, 0) is 61.9 Å². The lowest BCUT2D eigenvalue weighted by Crippen LogP contribution is -2.32. The molecule has 39 heavy (non-hydrogen) atoms. The van der Waals surface area contributed by atoms with Crippen molar-refractivity contribution in [1.82, 2.24) is 9.88 Å². The predicted octanol–water partition coefficient (Wildman–Crippen LogP) is 6.40. The molecule has 5 nitrogen and oxygen atoms in total. The van der Waals surface area contributed by atoms with Crippen LogP contribution in [0.2, 0.25) is 0 Å². The molecule has 1 saturated heterocycles. The van der Waals surface area contributed by atoms with E-state index in [2.05, 4.69) is 15.2 Å². The van der Waals surface area contributed by atoms with Crippen LogP contribution in [-0.2, 0) is 4.79 Å². The second-order valence-corrected chi connectivity index (χ2v) is 10.9. The highest BCUT2D eigenvalue weighted by Crippen LogP contribution is 2.42. The second-order valence-electron chi connectivity index (χ2n) is 10.9. The average molecular weight is 534 g/mol. The van der Waals surface area contributed by atoms with Crippen LogP contribution in [0.5, 0.6) is 0 Å². The number of amides is 1. The summed E-state index contributed by atoms with van der Waals surface area (Å²) in [6.07, 6.45) is 4.06. The topological polar surface area (TPSA) is 65.2 Å². The Bertz CT molecular complexity index is 1490. The number of carbonyl (C=O) groups excluding carboxylic acids is 2. The molecule has 3 atom stereocenters. The van der Waals surface area contributed by atoms with E-state index >= 15 is 0 Å². The summed E-state index contributed by atoms with van der Waals surface area (Å²) >= 11 is 0. The molecular formula is C31H30F3N3O2. The number of halogens is 3. The van der Waals surface area contributed by atoms with Gasteiger partial charge in [0.1, 0.15) is 6.17 Å². The first-order chi connectivity index (χ1) is 18.8. The number of benzene rings is 2. The summed E-state index contributed by atoms with van der Waals surface area (Å²) in [4.78, 5) is 32.3. The van der Waals surface area contributed by atoms with Gasteiger partial charge in [0.15, 0.2) is 17.4 Å². The van der Waals surface area contributed by atoms with E-state index in [9.17, 15) is 22.8 Å². The van der Waals surface area contributed by atoms with Gasteiger partial charge in [-0.3, -0.25) is 9.59 Å². The highest BCUT2D eigenvalue weighted by atomic mass is 19.2. The molecule has 3 heterocycles. The number of aromatic nitrogens is 1. The average Bonchev–Trinajstić information content (AvgIpc) is 3.69. The third-order valence-corrected chi connectivity index (χ3v) is 8.31. The number of rotatable bonds is 6. The normalized spacial score (nSPS) is 23.9. The third kappa shape index (κ3) is 4.71. The molecule has 0 bridgehead atoms. The summed E-state index contributed by atoms with van der Waals surface area (Å²) in [7, 11) is 0. The van der Waals surface area contributed by atoms with E-state index in [1.807, 2.05) is 13.0 Å². The standard InChI is InChI=1S/C31H30F3N3O2/c1-17-13-23(30(38)20-6-2-5-18(20)15-37-12-11-19(32)16-37)27(35-17)14-24-28-21(7-4-10-26(28)36-31(24)39)22-8-3-9-25(33)29(22)34/h3-4,7-10,13-14,18-20,35H,2,5-6,11-12,15-16H2,1H3,(H,36,39)/t18-,19-,20?/m0/s1. The fourth-order valence-electron chi connectivity index (χ4n) is 6.48. The van der Waals surface area contributed by atoms with Gasteiger partial charge in [-0.15, -0.1) is 0 Å². The molecule has 1 unspecified atom stereocenters. The number of nitrogens with one attached hydrogen (secondary N) is 2. The van der Waals surface area contributed by atoms with Gasteiger partial charge in [0.2, 0.25) is 0 Å². The van der Waals surface area contributed by atoms with E-state index in [1.54, 1.807) is 24.3 Å². The number of ketones is 1. The van der Waals surface area contributed by atoms with E-state index in [0.717, 1.165) is 44.1 Å². The number of fused-ring (bicyclic) bond motifs is 1. The number of Topliss-reactive ketones (excluding diaryl/α,β-unsaturated/α-hetero) is 1. The van der Waals surface area contributed by atoms with Crippen LogP contribution in [0.25, 0.3) is 22.8 Å². The summed E-state index contributed by atoms with van der Waals surface area (Å²) in [5, 5.41) is 2.82. The highest BCUT2D eigenvalue weighted by molar-refractivity contribution is 6.36. The minimum absolute atomic E-state index is 0.0211.